The molecule has 2 aromatic carbocycles. The number of benzene rings is 2. The molecule has 1 amide bonds. The van der Waals surface area contributed by atoms with Gasteiger partial charge < -0.3 is 19.7 Å². The van der Waals surface area contributed by atoms with Crippen LogP contribution in [0.2, 0.25) is 0 Å². The fourth-order valence-corrected chi connectivity index (χ4v) is 4.05. The fraction of sp³-hybridized carbons (Fsp3) is 0.280. The highest BCUT2D eigenvalue weighted by Crippen LogP contribution is 2.26. The molecule has 11 heteroatoms. The number of fused-ring (bicyclic) bond motifs is 1. The molecule has 0 saturated heterocycles. The van der Waals surface area contributed by atoms with Crippen molar-refractivity contribution in [2.45, 2.75) is 26.0 Å². The summed E-state index contributed by atoms with van der Waals surface area (Å²) in [5.41, 5.74) is -2.21. The SMILES string of the molecule is CCN(CC)c1ccc2cc(C(=O)NCC(O)(Cn3cncn3)c3ccc(F)cc3F)c(=O)oc2c1. The molecule has 36 heavy (non-hydrogen) atoms. The number of hydrogen-bond acceptors (Lipinski definition) is 7. The van der Waals surface area contributed by atoms with Crippen LogP contribution in [0.4, 0.5) is 14.5 Å². The number of nitrogens with one attached hydrogen (secondary N) is 1. The molecule has 1 unspecified atom stereocenters. The molecule has 0 spiro atoms. The van der Waals surface area contributed by atoms with Gasteiger partial charge in [-0.25, -0.2) is 23.2 Å². The molecule has 1 atom stereocenters. The number of halogens is 2. The fourth-order valence-electron chi connectivity index (χ4n) is 4.05. The largest absolute Gasteiger partial charge is 0.422 e. The zero-order chi connectivity index (χ0) is 25.9. The number of aliphatic hydroxyl groups is 1. The van der Waals surface area contributed by atoms with Crippen molar-refractivity contribution in [1.82, 2.24) is 20.1 Å². The Hall–Kier alpha value is -4.12. The van der Waals surface area contributed by atoms with Crippen LogP contribution in [0.3, 0.4) is 0 Å². The van der Waals surface area contributed by atoms with E-state index in [1.165, 1.54) is 23.4 Å². The molecule has 2 N–H and O–H groups in total. The van der Waals surface area contributed by atoms with Gasteiger partial charge in [0.1, 0.15) is 41.0 Å². The van der Waals surface area contributed by atoms with Crippen molar-refractivity contribution >= 4 is 22.6 Å². The standard InChI is InChI=1S/C25H25F2N5O4/c1-3-31(4-2)18-7-5-16-9-19(24(34)36-22(16)11-18)23(33)29-12-25(35,13-32-15-28-14-30-32)20-8-6-17(26)10-21(20)27/h5-11,14-15,35H,3-4,12-13H2,1-2H3,(H,29,33). The number of carbonyl (C=O) groups excluding carboxylic acids is 1. The lowest BCUT2D eigenvalue weighted by atomic mass is 9.92. The molecule has 4 rings (SSSR count). The number of carbonyl (C=O) groups is 1. The van der Waals surface area contributed by atoms with E-state index in [0.29, 0.717) is 17.0 Å². The predicted octanol–water partition coefficient (Wildman–Crippen LogP) is 2.83. The van der Waals surface area contributed by atoms with Crippen LogP contribution in [-0.2, 0) is 12.1 Å². The molecule has 0 bridgehead atoms. The van der Waals surface area contributed by atoms with E-state index in [9.17, 15) is 23.5 Å². The van der Waals surface area contributed by atoms with E-state index >= 15 is 0 Å². The quantitative estimate of drug-likeness (QED) is 0.342. The normalized spacial score (nSPS) is 12.9. The molecule has 2 aromatic heterocycles. The van der Waals surface area contributed by atoms with Crippen LogP contribution in [0.5, 0.6) is 0 Å². The Labute approximate surface area is 205 Å². The molecular weight excluding hydrogens is 472 g/mol. The molecule has 0 fully saturated rings. The van der Waals surface area contributed by atoms with Gasteiger partial charge in [-0.15, -0.1) is 0 Å². The van der Waals surface area contributed by atoms with E-state index in [0.717, 1.165) is 30.9 Å². The van der Waals surface area contributed by atoms with Gasteiger partial charge in [-0.05, 0) is 38.1 Å². The highest BCUT2D eigenvalue weighted by molar-refractivity contribution is 5.97. The average Bonchev–Trinajstić information content (AvgIpc) is 3.35. The molecule has 0 aliphatic rings. The minimum absolute atomic E-state index is 0.255. The van der Waals surface area contributed by atoms with Crippen LogP contribution in [-0.4, -0.2) is 45.4 Å². The number of hydrogen-bond donors (Lipinski definition) is 2. The van der Waals surface area contributed by atoms with Gasteiger partial charge in [0.15, 0.2) is 0 Å². The van der Waals surface area contributed by atoms with Crippen LogP contribution in [0, 0.1) is 11.6 Å². The van der Waals surface area contributed by atoms with Crippen LogP contribution < -0.4 is 15.8 Å². The van der Waals surface area contributed by atoms with E-state index in [4.69, 9.17) is 4.42 Å². The molecule has 0 aliphatic carbocycles. The highest BCUT2D eigenvalue weighted by atomic mass is 19.1. The zero-order valence-corrected chi connectivity index (χ0v) is 19.7. The first-order valence-corrected chi connectivity index (χ1v) is 11.4. The first kappa shape index (κ1) is 25.0. The van der Waals surface area contributed by atoms with Crippen molar-refractivity contribution in [1.29, 1.82) is 0 Å². The molecule has 2 heterocycles. The lowest BCUT2D eigenvalue weighted by molar-refractivity contribution is 0.0120. The van der Waals surface area contributed by atoms with Gasteiger partial charge in [0, 0.05) is 41.9 Å². The third kappa shape index (κ3) is 5.10. The second-order valence-corrected chi connectivity index (χ2v) is 8.27. The van der Waals surface area contributed by atoms with Crippen LogP contribution in [0.1, 0.15) is 29.8 Å². The molecule has 0 radical (unpaired) electrons. The topological polar surface area (TPSA) is 113 Å². The molecule has 0 saturated carbocycles. The number of rotatable bonds is 9. The number of anilines is 1. The summed E-state index contributed by atoms with van der Waals surface area (Å²) < 4.78 is 34.7. The Bertz CT molecular complexity index is 1440. The number of amides is 1. The lowest BCUT2D eigenvalue weighted by Gasteiger charge is -2.29. The van der Waals surface area contributed by atoms with Gasteiger partial charge in [0.05, 0.1) is 13.1 Å². The van der Waals surface area contributed by atoms with Crippen molar-refractivity contribution in [3.63, 3.8) is 0 Å². The summed E-state index contributed by atoms with van der Waals surface area (Å²) in [5, 5.41) is 18.2. The van der Waals surface area contributed by atoms with Gasteiger partial charge in [-0.3, -0.25) is 4.79 Å². The molecule has 188 valence electrons. The Balaban J connectivity index is 1.61. The van der Waals surface area contributed by atoms with Crippen molar-refractivity contribution in [2.24, 2.45) is 0 Å². The maximum Gasteiger partial charge on any atom is 0.349 e. The first-order chi connectivity index (χ1) is 17.2. The van der Waals surface area contributed by atoms with Crippen molar-refractivity contribution in [3.8, 4) is 0 Å². The van der Waals surface area contributed by atoms with Gasteiger partial charge in [0.25, 0.3) is 5.91 Å². The van der Waals surface area contributed by atoms with E-state index in [2.05, 4.69) is 20.3 Å². The summed E-state index contributed by atoms with van der Waals surface area (Å²) in [4.78, 5) is 31.4. The van der Waals surface area contributed by atoms with Gasteiger partial charge >= 0.3 is 5.63 Å². The monoisotopic (exact) mass is 497 g/mol. The highest BCUT2D eigenvalue weighted by Gasteiger charge is 2.34. The summed E-state index contributed by atoms with van der Waals surface area (Å²) in [6, 6.07) is 9.47. The maximum absolute atomic E-state index is 14.6. The van der Waals surface area contributed by atoms with Gasteiger partial charge in [0.2, 0.25) is 0 Å². The summed E-state index contributed by atoms with van der Waals surface area (Å²) in [6.45, 7) is 4.78. The summed E-state index contributed by atoms with van der Waals surface area (Å²) >= 11 is 0. The number of aromatic nitrogens is 3. The average molecular weight is 498 g/mol. The minimum atomic E-state index is -2.03. The summed E-state index contributed by atoms with van der Waals surface area (Å²) in [6.07, 6.45) is 2.53. The zero-order valence-electron chi connectivity index (χ0n) is 19.7. The van der Waals surface area contributed by atoms with Crippen LogP contribution in [0.25, 0.3) is 11.0 Å². The Morgan fingerprint density at radius 2 is 1.94 bits per heavy atom. The summed E-state index contributed by atoms with van der Waals surface area (Å²) in [5.74, 6) is -2.64. The van der Waals surface area contributed by atoms with Gasteiger partial charge in [-0.2, -0.15) is 5.10 Å². The van der Waals surface area contributed by atoms with E-state index in [1.807, 2.05) is 19.9 Å². The van der Waals surface area contributed by atoms with E-state index in [1.54, 1.807) is 12.1 Å². The van der Waals surface area contributed by atoms with Crippen LogP contribution >= 0.6 is 0 Å². The third-order valence-electron chi connectivity index (χ3n) is 5.96. The third-order valence-corrected chi connectivity index (χ3v) is 5.96. The Morgan fingerprint density at radius 1 is 1.17 bits per heavy atom. The van der Waals surface area contributed by atoms with Gasteiger partial charge in [-0.1, -0.05) is 6.07 Å². The molecule has 4 aromatic rings. The van der Waals surface area contributed by atoms with Crippen molar-refractivity contribution in [2.75, 3.05) is 24.5 Å². The smallest absolute Gasteiger partial charge is 0.349 e. The predicted molar refractivity (Wildman–Crippen MR) is 129 cm³/mol. The first-order valence-electron chi connectivity index (χ1n) is 11.4. The van der Waals surface area contributed by atoms with Crippen molar-refractivity contribution < 1.29 is 23.1 Å². The Morgan fingerprint density at radius 3 is 2.61 bits per heavy atom. The second-order valence-electron chi connectivity index (χ2n) is 8.27. The minimum Gasteiger partial charge on any atom is -0.422 e. The van der Waals surface area contributed by atoms with Crippen LogP contribution in [0.15, 0.2) is 64.3 Å². The molecule has 9 nitrogen and oxygen atoms in total. The molecule has 0 aliphatic heterocycles. The van der Waals surface area contributed by atoms with E-state index < -0.39 is 35.3 Å². The second kappa shape index (κ2) is 10.2. The van der Waals surface area contributed by atoms with Crippen molar-refractivity contribution in [3.05, 3.63) is 88.3 Å². The maximum atomic E-state index is 14.6. The summed E-state index contributed by atoms with van der Waals surface area (Å²) in [7, 11) is 0. The lowest BCUT2D eigenvalue weighted by Crippen LogP contribution is -2.45. The Kier molecular flexibility index (Phi) is 7.11. The van der Waals surface area contributed by atoms with E-state index in [-0.39, 0.29) is 17.7 Å². The number of nitrogens with zero attached hydrogens (tertiary/aromatic N) is 4. The molecular formula is C25H25F2N5O4.